The predicted molar refractivity (Wildman–Crippen MR) is 128 cm³/mol. The Labute approximate surface area is 192 Å². The molecule has 0 saturated heterocycles. The van der Waals surface area contributed by atoms with E-state index >= 15 is 0 Å². The highest BCUT2D eigenvalue weighted by molar-refractivity contribution is 7.49. The summed E-state index contributed by atoms with van der Waals surface area (Å²) in [5.41, 5.74) is 6.14. The number of hydrogen-bond donors (Lipinski definition) is 1. The molecule has 166 valence electrons. The lowest BCUT2D eigenvalue weighted by molar-refractivity contribution is 0.102. The second kappa shape index (κ2) is 11.4. The van der Waals surface area contributed by atoms with Gasteiger partial charge >= 0.3 is 7.82 Å². The normalized spacial score (nSPS) is 11.5. The average molecular weight is 459 g/mol. The molecular weight excluding hydrogens is 437 g/mol. The molecule has 3 rings (SSSR count). The van der Waals surface area contributed by atoms with E-state index in [4.69, 9.17) is 13.6 Å². The molecule has 0 fully saturated rings. The number of carbonyl (C=O) groups excluding carboxylic acids is 1. The fraction of sp³-hybridized carbons (Fsp3) is 0.0385. The van der Waals surface area contributed by atoms with Crippen molar-refractivity contribution in [2.24, 2.45) is 0 Å². The van der Waals surface area contributed by atoms with E-state index < -0.39 is 13.7 Å². The van der Waals surface area contributed by atoms with Crippen LogP contribution in [0.15, 0.2) is 121 Å². The molecule has 1 atom stereocenters. The Morgan fingerprint density at radius 2 is 1.58 bits per heavy atom. The highest BCUT2D eigenvalue weighted by atomic mass is 31.2. The summed E-state index contributed by atoms with van der Waals surface area (Å²) < 4.78 is 30.4. The molecular formula is C26H22NO5P. The van der Waals surface area contributed by atoms with E-state index in [-0.39, 0.29) is 22.8 Å². The number of rotatable bonds is 9. The summed E-state index contributed by atoms with van der Waals surface area (Å²) >= 11 is 0. The minimum absolute atomic E-state index is 0.0311. The number of benzene rings is 3. The Balaban J connectivity index is 1.93. The van der Waals surface area contributed by atoms with Gasteiger partial charge in [-0.05, 0) is 48.2 Å². The van der Waals surface area contributed by atoms with Gasteiger partial charge in [-0.25, -0.2) is 0 Å². The first-order chi connectivity index (χ1) is 16.0. The molecule has 0 aliphatic heterocycles. The Morgan fingerprint density at radius 1 is 0.939 bits per heavy atom. The Bertz CT molecular complexity index is 1260. The molecule has 0 heterocycles. The van der Waals surface area contributed by atoms with E-state index in [9.17, 15) is 9.36 Å². The first kappa shape index (κ1) is 23.5. The van der Waals surface area contributed by atoms with Gasteiger partial charge in [-0.15, -0.1) is 0 Å². The molecule has 0 aromatic heterocycles. The monoisotopic (exact) mass is 459 g/mol. The fourth-order valence-corrected chi connectivity index (χ4v) is 3.91. The lowest BCUT2D eigenvalue weighted by atomic mass is 10.2. The minimum atomic E-state index is -4.28. The summed E-state index contributed by atoms with van der Waals surface area (Å²) in [6.45, 7) is 5.08. The molecule has 1 amide bonds. The largest absolute Gasteiger partial charge is 0.647 e. The van der Waals surface area contributed by atoms with Gasteiger partial charge in [0.05, 0.1) is 5.56 Å². The third-order valence-corrected chi connectivity index (χ3v) is 5.38. The van der Waals surface area contributed by atoms with Crippen LogP contribution in [-0.2, 0) is 9.09 Å². The Hall–Kier alpha value is -4.20. The number of phosphoric ester groups is 1. The van der Waals surface area contributed by atoms with Crippen LogP contribution in [0.2, 0.25) is 0 Å². The predicted octanol–water partition coefficient (Wildman–Crippen LogP) is 6.92. The second-order valence-electron chi connectivity index (χ2n) is 6.58. The molecule has 0 bridgehead atoms. The molecule has 0 radical (unpaired) electrons. The van der Waals surface area contributed by atoms with Crippen LogP contribution in [0.5, 0.6) is 11.5 Å². The van der Waals surface area contributed by atoms with Crippen LogP contribution in [0.3, 0.4) is 0 Å². The smallest absolute Gasteiger partial charge is 0.386 e. The fourth-order valence-electron chi connectivity index (χ4n) is 2.63. The van der Waals surface area contributed by atoms with Crippen LogP contribution in [0.4, 0.5) is 5.69 Å². The second-order valence-corrected chi connectivity index (χ2v) is 8.02. The summed E-state index contributed by atoms with van der Waals surface area (Å²) in [5.74, 6) is -0.0307. The molecule has 7 heteroatoms. The van der Waals surface area contributed by atoms with Gasteiger partial charge in [0.15, 0.2) is 5.76 Å². The van der Waals surface area contributed by atoms with E-state index in [2.05, 4.69) is 23.4 Å². The summed E-state index contributed by atoms with van der Waals surface area (Å²) in [6, 6.07) is 23.8. The molecule has 33 heavy (non-hydrogen) atoms. The van der Waals surface area contributed by atoms with E-state index in [1.54, 1.807) is 72.8 Å². The number of hydrogen-bond acceptors (Lipinski definition) is 5. The van der Waals surface area contributed by atoms with Crippen molar-refractivity contribution in [3.63, 3.8) is 0 Å². The maximum atomic E-state index is 13.6. The standard InChI is InChI=1S/C26H22NO5P/c1-3-4-7-14-21(2)30-33(29,31-23-17-10-6-11-18-23)32-25-20-13-12-19-24(25)26(28)27-22-15-8-5-9-16-22/h3-6,8-13,15-20H,1H2,2H3,(H,27,28). The maximum Gasteiger partial charge on any atom is 0.647 e. The Kier molecular flexibility index (Phi) is 8.13. The molecule has 0 saturated carbocycles. The SMILES string of the molecule is C=CC=C=C=C(C)OP(=O)(Oc1ccccc1)Oc1ccccc1C(=O)Nc1ccccc1. The summed E-state index contributed by atoms with van der Waals surface area (Å²) in [5, 5.41) is 2.78. The van der Waals surface area contributed by atoms with Crippen LogP contribution in [0.1, 0.15) is 17.3 Å². The van der Waals surface area contributed by atoms with Gasteiger partial charge in [0, 0.05) is 12.6 Å². The van der Waals surface area contributed by atoms with Gasteiger partial charge in [0.2, 0.25) is 0 Å². The number of nitrogens with one attached hydrogen (secondary N) is 1. The van der Waals surface area contributed by atoms with E-state index in [0.717, 1.165) is 0 Å². The zero-order chi connectivity index (χ0) is 23.5. The molecule has 0 spiro atoms. The maximum absolute atomic E-state index is 13.6. The van der Waals surface area contributed by atoms with Gasteiger partial charge in [0.1, 0.15) is 11.5 Å². The zero-order valence-electron chi connectivity index (χ0n) is 17.9. The van der Waals surface area contributed by atoms with Crippen LogP contribution in [0.25, 0.3) is 0 Å². The van der Waals surface area contributed by atoms with Crippen molar-refractivity contribution in [2.45, 2.75) is 6.92 Å². The first-order valence-electron chi connectivity index (χ1n) is 9.98. The molecule has 3 aromatic rings. The first-order valence-corrected chi connectivity index (χ1v) is 11.4. The van der Waals surface area contributed by atoms with Crippen molar-refractivity contribution in [3.05, 3.63) is 126 Å². The zero-order valence-corrected chi connectivity index (χ0v) is 18.8. The van der Waals surface area contributed by atoms with Crippen molar-refractivity contribution in [1.29, 1.82) is 0 Å². The molecule has 3 aromatic carbocycles. The number of anilines is 1. The molecule has 6 nitrogen and oxygen atoms in total. The van der Waals surface area contributed by atoms with Crippen molar-refractivity contribution in [2.75, 3.05) is 5.32 Å². The van der Waals surface area contributed by atoms with E-state index in [0.29, 0.717) is 5.69 Å². The number of phosphoric acid groups is 1. The summed E-state index contributed by atoms with van der Waals surface area (Å²) in [4.78, 5) is 12.9. The van der Waals surface area contributed by atoms with Gasteiger partial charge in [0.25, 0.3) is 5.91 Å². The quantitative estimate of drug-likeness (QED) is 0.163. The van der Waals surface area contributed by atoms with Crippen molar-refractivity contribution in [3.8, 4) is 11.5 Å². The van der Waals surface area contributed by atoms with E-state index in [1.807, 2.05) is 6.07 Å². The van der Waals surface area contributed by atoms with Gasteiger partial charge in [-0.2, -0.15) is 4.57 Å². The molecule has 1 N–H and O–H groups in total. The van der Waals surface area contributed by atoms with Crippen molar-refractivity contribution in [1.82, 2.24) is 0 Å². The third-order valence-electron chi connectivity index (χ3n) is 4.03. The summed E-state index contributed by atoms with van der Waals surface area (Å²) in [7, 11) is -4.28. The highest BCUT2D eigenvalue weighted by Gasteiger charge is 2.34. The number of amides is 1. The van der Waals surface area contributed by atoms with Crippen molar-refractivity contribution >= 4 is 19.4 Å². The van der Waals surface area contributed by atoms with Crippen LogP contribution in [-0.4, -0.2) is 5.91 Å². The number of para-hydroxylation sites is 3. The van der Waals surface area contributed by atoms with Crippen LogP contribution in [0, 0.1) is 0 Å². The number of carbonyl (C=O) groups is 1. The topological polar surface area (TPSA) is 73.9 Å². The van der Waals surface area contributed by atoms with Gasteiger partial charge in [-0.1, -0.05) is 66.9 Å². The molecule has 0 aliphatic carbocycles. The Morgan fingerprint density at radius 3 is 2.27 bits per heavy atom. The molecule has 0 aliphatic rings. The minimum Gasteiger partial charge on any atom is -0.386 e. The molecule has 1 unspecified atom stereocenters. The van der Waals surface area contributed by atoms with Crippen molar-refractivity contribution < 1.29 is 22.9 Å². The van der Waals surface area contributed by atoms with Gasteiger partial charge in [-0.3, -0.25) is 4.79 Å². The third kappa shape index (κ3) is 7.17. The number of allylic oxidation sites excluding steroid dienone is 3. The summed E-state index contributed by atoms with van der Waals surface area (Å²) in [6.07, 6.45) is 3.03. The van der Waals surface area contributed by atoms with Gasteiger partial charge < -0.3 is 18.9 Å². The lowest BCUT2D eigenvalue weighted by Gasteiger charge is -2.20. The van der Waals surface area contributed by atoms with Crippen LogP contribution < -0.4 is 14.4 Å². The van der Waals surface area contributed by atoms with E-state index in [1.165, 1.54) is 25.1 Å². The average Bonchev–Trinajstić information content (AvgIpc) is 2.80. The highest BCUT2D eigenvalue weighted by Crippen LogP contribution is 2.51. The lowest BCUT2D eigenvalue weighted by Crippen LogP contribution is -2.14. The van der Waals surface area contributed by atoms with Crippen LogP contribution >= 0.6 is 7.82 Å².